The zero-order chi connectivity index (χ0) is 13.3. The molecule has 0 amide bonds. The zero-order valence-corrected chi connectivity index (χ0v) is 10.2. The molecule has 0 aliphatic rings. The van der Waals surface area contributed by atoms with Gasteiger partial charge in [-0.1, -0.05) is 12.1 Å². The van der Waals surface area contributed by atoms with Crippen molar-refractivity contribution in [1.82, 2.24) is 10.2 Å². The highest BCUT2D eigenvalue weighted by Crippen LogP contribution is 2.33. The lowest BCUT2D eigenvalue weighted by molar-refractivity contribution is 0.222. The molecular weight excluding hydrogens is 233 g/mol. The lowest BCUT2D eigenvalue weighted by Crippen LogP contribution is -2.14. The highest BCUT2D eigenvalue weighted by Gasteiger charge is 2.24. The van der Waals surface area contributed by atoms with Gasteiger partial charge in [0, 0.05) is 11.1 Å². The molecule has 94 valence electrons. The number of phenolic OH excluding ortho intramolecular Hbond substituents is 1. The number of nitrogens with two attached hydrogens (primary N) is 1. The number of nitrogen functional groups attached to an aromatic ring is 1. The van der Waals surface area contributed by atoms with Crippen LogP contribution in [0.5, 0.6) is 5.75 Å². The van der Waals surface area contributed by atoms with Gasteiger partial charge in [0.25, 0.3) is 0 Å². The lowest BCUT2D eigenvalue weighted by Gasteiger charge is -2.16. The molecular formula is C13H14FN3O. The van der Waals surface area contributed by atoms with E-state index >= 15 is 0 Å². The molecule has 3 N–H and O–H groups in total. The van der Waals surface area contributed by atoms with Crippen LogP contribution in [0.1, 0.15) is 19.4 Å². The number of hydrogen-bond acceptors (Lipinski definition) is 4. The maximum Gasteiger partial charge on any atom is 0.152 e. The molecule has 0 spiro atoms. The van der Waals surface area contributed by atoms with E-state index in [1.807, 2.05) is 0 Å². The average Bonchev–Trinajstić information content (AvgIpc) is 2.29. The number of aromatic hydroxyl groups is 1. The first-order valence-electron chi connectivity index (χ1n) is 5.50. The van der Waals surface area contributed by atoms with Crippen LogP contribution in [0.3, 0.4) is 0 Å². The molecule has 0 aliphatic heterocycles. The predicted molar refractivity (Wildman–Crippen MR) is 67.7 cm³/mol. The summed E-state index contributed by atoms with van der Waals surface area (Å²) in [6.07, 6.45) is 0. The minimum Gasteiger partial charge on any atom is -0.507 e. The highest BCUT2D eigenvalue weighted by molar-refractivity contribution is 5.68. The SMILES string of the molecule is CC(C)(F)c1cc(-c2ccccc2O)nnc1N. The van der Waals surface area contributed by atoms with Crippen molar-refractivity contribution in [1.29, 1.82) is 0 Å². The van der Waals surface area contributed by atoms with Gasteiger partial charge in [-0.2, -0.15) is 0 Å². The van der Waals surface area contributed by atoms with Crippen molar-refractivity contribution in [3.63, 3.8) is 0 Å². The second-order valence-corrected chi connectivity index (χ2v) is 4.52. The molecule has 0 fully saturated rings. The van der Waals surface area contributed by atoms with Gasteiger partial charge in [-0.05, 0) is 32.0 Å². The summed E-state index contributed by atoms with van der Waals surface area (Å²) in [4.78, 5) is 0. The second-order valence-electron chi connectivity index (χ2n) is 4.52. The smallest absolute Gasteiger partial charge is 0.152 e. The molecule has 1 aromatic carbocycles. The van der Waals surface area contributed by atoms with Gasteiger partial charge in [0.05, 0.1) is 5.69 Å². The molecule has 0 atom stereocenters. The van der Waals surface area contributed by atoms with E-state index in [0.717, 1.165) is 0 Å². The van der Waals surface area contributed by atoms with Crippen LogP contribution in [0.25, 0.3) is 11.3 Å². The fourth-order valence-electron chi connectivity index (χ4n) is 1.70. The minimum atomic E-state index is -1.61. The number of rotatable bonds is 2. The maximum absolute atomic E-state index is 14.0. The van der Waals surface area contributed by atoms with Gasteiger partial charge in [-0.3, -0.25) is 0 Å². The topological polar surface area (TPSA) is 72.0 Å². The monoisotopic (exact) mass is 247 g/mol. The first-order chi connectivity index (χ1) is 8.39. The molecule has 0 saturated heterocycles. The Hall–Kier alpha value is -2.17. The van der Waals surface area contributed by atoms with E-state index in [1.54, 1.807) is 18.2 Å². The van der Waals surface area contributed by atoms with Crippen LogP contribution >= 0.6 is 0 Å². The summed E-state index contributed by atoms with van der Waals surface area (Å²) in [5, 5.41) is 17.4. The van der Waals surface area contributed by atoms with Gasteiger partial charge < -0.3 is 10.8 Å². The quantitative estimate of drug-likeness (QED) is 0.855. The molecule has 0 radical (unpaired) electrons. The van der Waals surface area contributed by atoms with Gasteiger partial charge >= 0.3 is 0 Å². The van der Waals surface area contributed by atoms with Gasteiger partial charge in [0.2, 0.25) is 0 Å². The largest absolute Gasteiger partial charge is 0.507 e. The predicted octanol–water partition coefficient (Wildman–Crippen LogP) is 2.64. The zero-order valence-electron chi connectivity index (χ0n) is 10.2. The van der Waals surface area contributed by atoms with Crippen molar-refractivity contribution in [2.24, 2.45) is 0 Å². The molecule has 1 aromatic heterocycles. The first-order valence-corrected chi connectivity index (χ1v) is 5.50. The summed E-state index contributed by atoms with van der Waals surface area (Å²) in [5.74, 6) is 0.126. The third kappa shape index (κ3) is 2.25. The molecule has 5 heteroatoms. The van der Waals surface area contributed by atoms with Crippen molar-refractivity contribution < 1.29 is 9.50 Å². The Bertz CT molecular complexity index is 579. The number of phenols is 1. The molecule has 4 nitrogen and oxygen atoms in total. The van der Waals surface area contributed by atoms with Crippen molar-refractivity contribution in [3.8, 4) is 17.0 Å². The summed E-state index contributed by atoms with van der Waals surface area (Å²) in [7, 11) is 0. The van der Waals surface area contributed by atoms with E-state index in [4.69, 9.17) is 5.73 Å². The standard InChI is InChI=1S/C13H14FN3O/c1-13(2,14)9-7-10(16-17-12(9)15)8-5-3-4-6-11(8)18/h3-7,18H,1-2H3,(H2,15,17). The lowest BCUT2D eigenvalue weighted by atomic mass is 9.99. The van der Waals surface area contributed by atoms with Crippen LogP contribution in [0.2, 0.25) is 0 Å². The van der Waals surface area contributed by atoms with Crippen LogP contribution in [0, 0.1) is 0 Å². The Balaban J connectivity index is 2.58. The number of nitrogens with zero attached hydrogens (tertiary/aromatic N) is 2. The average molecular weight is 247 g/mol. The number of alkyl halides is 1. The Kier molecular flexibility index (Phi) is 2.90. The Morgan fingerprint density at radius 1 is 1.22 bits per heavy atom. The summed E-state index contributed by atoms with van der Waals surface area (Å²) >= 11 is 0. The Morgan fingerprint density at radius 3 is 2.50 bits per heavy atom. The van der Waals surface area contributed by atoms with Gasteiger partial charge in [-0.25, -0.2) is 4.39 Å². The number of para-hydroxylation sites is 1. The molecule has 0 bridgehead atoms. The van der Waals surface area contributed by atoms with Crippen LogP contribution in [-0.4, -0.2) is 15.3 Å². The molecule has 0 unspecified atom stereocenters. The number of anilines is 1. The van der Waals surface area contributed by atoms with Crippen molar-refractivity contribution >= 4 is 5.82 Å². The highest BCUT2D eigenvalue weighted by atomic mass is 19.1. The number of hydrogen-bond donors (Lipinski definition) is 2. The van der Waals surface area contributed by atoms with E-state index in [0.29, 0.717) is 11.3 Å². The van der Waals surface area contributed by atoms with Crippen LogP contribution in [0.4, 0.5) is 10.2 Å². The maximum atomic E-state index is 14.0. The normalized spacial score (nSPS) is 11.5. The summed E-state index contributed by atoms with van der Waals surface area (Å²) in [6, 6.07) is 8.19. The molecule has 0 saturated carbocycles. The van der Waals surface area contributed by atoms with E-state index in [9.17, 15) is 9.50 Å². The van der Waals surface area contributed by atoms with E-state index in [1.165, 1.54) is 26.0 Å². The minimum absolute atomic E-state index is 0.0571. The van der Waals surface area contributed by atoms with E-state index in [-0.39, 0.29) is 17.1 Å². The number of benzene rings is 1. The third-order valence-electron chi connectivity index (χ3n) is 2.64. The van der Waals surface area contributed by atoms with Crippen LogP contribution in [-0.2, 0) is 5.67 Å². The van der Waals surface area contributed by atoms with E-state index < -0.39 is 5.67 Å². The van der Waals surface area contributed by atoms with Gasteiger partial charge in [-0.15, -0.1) is 10.2 Å². The molecule has 1 heterocycles. The van der Waals surface area contributed by atoms with Crippen LogP contribution in [0.15, 0.2) is 30.3 Å². The second kappa shape index (κ2) is 4.25. The molecule has 2 aromatic rings. The fourth-order valence-corrected chi connectivity index (χ4v) is 1.70. The fraction of sp³-hybridized carbons (Fsp3) is 0.231. The number of halogens is 1. The van der Waals surface area contributed by atoms with E-state index in [2.05, 4.69) is 10.2 Å². The van der Waals surface area contributed by atoms with Crippen LogP contribution < -0.4 is 5.73 Å². The summed E-state index contributed by atoms with van der Waals surface area (Å²) < 4.78 is 14.0. The Morgan fingerprint density at radius 2 is 1.89 bits per heavy atom. The molecule has 18 heavy (non-hydrogen) atoms. The van der Waals surface area contributed by atoms with Gasteiger partial charge in [0.1, 0.15) is 11.4 Å². The summed E-state index contributed by atoms with van der Waals surface area (Å²) in [5.41, 5.74) is 5.15. The molecule has 2 rings (SSSR count). The van der Waals surface area contributed by atoms with Crippen molar-refractivity contribution in [2.75, 3.05) is 5.73 Å². The summed E-state index contributed by atoms with van der Waals surface area (Å²) in [6.45, 7) is 2.80. The molecule has 0 aliphatic carbocycles. The van der Waals surface area contributed by atoms with Gasteiger partial charge in [0.15, 0.2) is 5.82 Å². The third-order valence-corrected chi connectivity index (χ3v) is 2.64. The number of aromatic nitrogens is 2. The Labute approximate surface area is 104 Å². The van der Waals surface area contributed by atoms with Crippen molar-refractivity contribution in [2.45, 2.75) is 19.5 Å². The first kappa shape index (κ1) is 12.3. The van der Waals surface area contributed by atoms with Crippen molar-refractivity contribution in [3.05, 3.63) is 35.9 Å².